The summed E-state index contributed by atoms with van der Waals surface area (Å²) in [6, 6.07) is 8.88. The van der Waals surface area contributed by atoms with E-state index >= 15 is 0 Å². The van der Waals surface area contributed by atoms with Crippen LogP contribution in [0.2, 0.25) is 0 Å². The van der Waals surface area contributed by atoms with Crippen LogP contribution in [-0.4, -0.2) is 24.9 Å². The third-order valence-corrected chi connectivity index (χ3v) is 1.89. The van der Waals surface area contributed by atoms with Gasteiger partial charge in [0.25, 0.3) is 0 Å². The summed E-state index contributed by atoms with van der Waals surface area (Å²) in [5, 5.41) is 0. The van der Waals surface area contributed by atoms with Gasteiger partial charge >= 0.3 is 0 Å². The Kier molecular flexibility index (Phi) is 11.3. The van der Waals surface area contributed by atoms with E-state index in [1.165, 1.54) is 0 Å². The number of carbonyl (C=O) groups excluding carboxylic acids is 1. The van der Waals surface area contributed by atoms with Crippen LogP contribution in [0.3, 0.4) is 0 Å². The van der Waals surface area contributed by atoms with Gasteiger partial charge in [-0.25, -0.2) is 0 Å². The molecule has 0 aromatic heterocycles. The molecular formula is C13H20NOY-. The summed E-state index contributed by atoms with van der Waals surface area (Å²) in [4.78, 5) is 12.9. The summed E-state index contributed by atoms with van der Waals surface area (Å²) in [5.74, 6) is 0.122. The first-order valence-corrected chi connectivity index (χ1v) is 5.27. The summed E-state index contributed by atoms with van der Waals surface area (Å²) in [6.45, 7) is 5.98. The predicted octanol–water partition coefficient (Wildman–Crippen LogP) is 2.45. The number of hydrogen-bond acceptors (Lipinski definition) is 1. The van der Waals surface area contributed by atoms with Gasteiger partial charge in [-0.2, -0.15) is 29.8 Å². The molecule has 0 saturated carbocycles. The maximum atomic E-state index is 11.3. The van der Waals surface area contributed by atoms with Crippen molar-refractivity contribution in [2.75, 3.05) is 14.1 Å². The number of nitrogens with zero attached hydrogens (tertiary/aromatic N) is 1. The third-order valence-electron chi connectivity index (χ3n) is 1.89. The molecule has 0 aliphatic rings. The van der Waals surface area contributed by atoms with Crippen LogP contribution in [0.25, 0.3) is 0 Å². The Morgan fingerprint density at radius 3 is 2.25 bits per heavy atom. The number of benzene rings is 1. The zero-order chi connectivity index (χ0) is 11.8. The standard InChI is InChI=1S/C11H14NO.C2H6.Y/c1-9-4-6-10(7-5-9)8-11(13)12(2)3;1-2;/h4,6-7H,8H2,1-3H3;1-2H3;/q-1;;. The van der Waals surface area contributed by atoms with Crippen LogP contribution in [0.1, 0.15) is 25.0 Å². The molecule has 0 N–H and O–H groups in total. The maximum Gasteiger partial charge on any atom is 0.214 e. The quantitative estimate of drug-likeness (QED) is 0.768. The monoisotopic (exact) mass is 295 g/mol. The molecule has 0 saturated heterocycles. The largest absolute Gasteiger partial charge is 0.349 e. The topological polar surface area (TPSA) is 20.3 Å². The van der Waals surface area contributed by atoms with Crippen LogP contribution in [0.4, 0.5) is 0 Å². The van der Waals surface area contributed by atoms with E-state index in [1.54, 1.807) is 19.0 Å². The fourth-order valence-corrected chi connectivity index (χ4v) is 0.977. The molecule has 1 aromatic carbocycles. The molecule has 87 valence electrons. The Balaban J connectivity index is 0. The fourth-order valence-electron chi connectivity index (χ4n) is 0.977. The molecule has 0 fully saturated rings. The number of amides is 1. The number of rotatable bonds is 2. The van der Waals surface area contributed by atoms with Gasteiger partial charge in [-0.15, -0.1) is 5.56 Å². The number of carbonyl (C=O) groups is 1. The van der Waals surface area contributed by atoms with Crippen molar-refractivity contribution < 1.29 is 37.5 Å². The number of aryl methyl sites for hydroxylation is 1. The van der Waals surface area contributed by atoms with Crippen molar-refractivity contribution in [3.63, 3.8) is 0 Å². The second-order valence-electron chi connectivity index (χ2n) is 3.34. The van der Waals surface area contributed by atoms with Crippen LogP contribution in [0, 0.1) is 13.0 Å². The predicted molar refractivity (Wildman–Crippen MR) is 63.8 cm³/mol. The average molecular weight is 295 g/mol. The molecule has 0 aliphatic heterocycles. The first-order chi connectivity index (χ1) is 7.09. The molecule has 2 nitrogen and oxygen atoms in total. The van der Waals surface area contributed by atoms with E-state index in [0.717, 1.165) is 11.1 Å². The Morgan fingerprint density at radius 1 is 1.31 bits per heavy atom. The van der Waals surface area contributed by atoms with Gasteiger partial charge in [0.1, 0.15) is 0 Å². The Labute approximate surface area is 124 Å². The fraction of sp³-hybridized carbons (Fsp3) is 0.462. The first kappa shape index (κ1) is 18.2. The van der Waals surface area contributed by atoms with Crippen molar-refractivity contribution in [3.8, 4) is 0 Å². The first-order valence-electron chi connectivity index (χ1n) is 5.27. The van der Waals surface area contributed by atoms with Crippen molar-refractivity contribution in [3.05, 3.63) is 35.4 Å². The smallest absolute Gasteiger partial charge is 0.214 e. The molecular weight excluding hydrogens is 275 g/mol. The van der Waals surface area contributed by atoms with Gasteiger partial charge in [-0.05, 0) is 0 Å². The molecule has 0 bridgehead atoms. The number of hydrogen-bond donors (Lipinski definition) is 0. The molecule has 1 aromatic rings. The average Bonchev–Trinajstić information content (AvgIpc) is 2.24. The molecule has 1 rings (SSSR count). The van der Waals surface area contributed by atoms with Crippen molar-refractivity contribution in [1.29, 1.82) is 0 Å². The molecule has 0 atom stereocenters. The van der Waals surface area contributed by atoms with E-state index in [0.29, 0.717) is 6.42 Å². The van der Waals surface area contributed by atoms with Crippen molar-refractivity contribution >= 4 is 5.91 Å². The second kappa shape index (κ2) is 9.98. The van der Waals surface area contributed by atoms with Gasteiger partial charge in [0.05, 0.1) is 0 Å². The van der Waals surface area contributed by atoms with E-state index in [1.807, 2.05) is 39.0 Å². The zero-order valence-corrected chi connectivity index (χ0v) is 13.7. The van der Waals surface area contributed by atoms with E-state index in [-0.39, 0.29) is 38.6 Å². The number of likely N-dealkylation sites (N-methyl/N-ethyl adjacent to an activating group) is 1. The maximum absolute atomic E-state index is 11.3. The molecule has 0 heterocycles. The van der Waals surface area contributed by atoms with Crippen LogP contribution in [0.5, 0.6) is 0 Å². The molecule has 1 amide bonds. The minimum atomic E-state index is 0. The van der Waals surface area contributed by atoms with Crippen molar-refractivity contribution in [1.82, 2.24) is 4.90 Å². The van der Waals surface area contributed by atoms with E-state index in [9.17, 15) is 4.79 Å². The minimum absolute atomic E-state index is 0. The minimum Gasteiger partial charge on any atom is -0.349 e. The van der Waals surface area contributed by atoms with Crippen LogP contribution in [-0.2, 0) is 43.9 Å². The molecule has 16 heavy (non-hydrogen) atoms. The van der Waals surface area contributed by atoms with Gasteiger partial charge in [-0.3, -0.25) is 4.79 Å². The Hall–Kier alpha value is -0.206. The van der Waals surface area contributed by atoms with E-state index in [4.69, 9.17) is 0 Å². The van der Waals surface area contributed by atoms with Gasteiger partial charge in [-0.1, -0.05) is 20.8 Å². The molecule has 0 aliphatic carbocycles. The van der Waals surface area contributed by atoms with Crippen LogP contribution < -0.4 is 0 Å². The molecule has 3 heteroatoms. The summed E-state index contributed by atoms with van der Waals surface area (Å²) in [6.07, 6.45) is 0.462. The van der Waals surface area contributed by atoms with Gasteiger partial charge in [0.2, 0.25) is 5.91 Å². The van der Waals surface area contributed by atoms with Crippen LogP contribution in [0.15, 0.2) is 18.2 Å². The van der Waals surface area contributed by atoms with Crippen molar-refractivity contribution in [2.45, 2.75) is 27.2 Å². The molecule has 0 unspecified atom stereocenters. The Bertz CT molecular complexity index is 293. The summed E-state index contributed by atoms with van der Waals surface area (Å²) >= 11 is 0. The third kappa shape index (κ3) is 7.13. The van der Waals surface area contributed by atoms with Crippen LogP contribution >= 0.6 is 0 Å². The summed E-state index contributed by atoms with van der Waals surface area (Å²) < 4.78 is 0. The van der Waals surface area contributed by atoms with Gasteiger partial charge in [0, 0.05) is 53.2 Å². The zero-order valence-electron chi connectivity index (χ0n) is 10.9. The Morgan fingerprint density at radius 2 is 1.88 bits per heavy atom. The van der Waals surface area contributed by atoms with Gasteiger partial charge in [0.15, 0.2) is 0 Å². The summed E-state index contributed by atoms with van der Waals surface area (Å²) in [7, 11) is 3.53. The normalized spacial score (nSPS) is 8.31. The van der Waals surface area contributed by atoms with E-state index < -0.39 is 0 Å². The SMILES string of the molecule is CC.Cc1[c-]cc(CC(=O)N(C)C)cc1.[Y]. The van der Waals surface area contributed by atoms with E-state index in [2.05, 4.69) is 6.07 Å². The second-order valence-corrected chi connectivity index (χ2v) is 3.34. The summed E-state index contributed by atoms with van der Waals surface area (Å²) in [5.41, 5.74) is 2.12. The molecule has 0 spiro atoms. The van der Waals surface area contributed by atoms with Crippen molar-refractivity contribution in [2.24, 2.45) is 0 Å². The molecule has 1 radical (unpaired) electrons. The van der Waals surface area contributed by atoms with Gasteiger partial charge < -0.3 is 4.90 Å².